The molecular formula is C26H29N3O3S. The lowest BCUT2D eigenvalue weighted by molar-refractivity contribution is -0.143. The topological polar surface area (TPSA) is 85.1 Å². The molecule has 0 fully saturated rings. The van der Waals surface area contributed by atoms with Crippen LogP contribution in [0.5, 0.6) is 5.75 Å². The summed E-state index contributed by atoms with van der Waals surface area (Å²) in [6.07, 6.45) is 2.83. The fourth-order valence-electron chi connectivity index (χ4n) is 3.70. The number of rotatable bonds is 10. The van der Waals surface area contributed by atoms with Crippen molar-refractivity contribution in [2.75, 3.05) is 6.61 Å². The van der Waals surface area contributed by atoms with E-state index in [0.29, 0.717) is 24.3 Å². The number of esters is 1. The van der Waals surface area contributed by atoms with Crippen LogP contribution in [0.1, 0.15) is 57.2 Å². The van der Waals surface area contributed by atoms with Crippen LogP contribution in [0.25, 0.3) is 21.1 Å². The largest absolute Gasteiger partial charge is 0.490 e. The van der Waals surface area contributed by atoms with Gasteiger partial charge in [-0.15, -0.1) is 10.2 Å². The van der Waals surface area contributed by atoms with Gasteiger partial charge in [0.25, 0.3) is 0 Å². The zero-order valence-corrected chi connectivity index (χ0v) is 20.4. The van der Waals surface area contributed by atoms with Gasteiger partial charge in [-0.1, -0.05) is 36.5 Å². The van der Waals surface area contributed by atoms with Crippen LogP contribution in [-0.4, -0.2) is 28.9 Å². The number of hydrogen-bond acceptors (Lipinski definition) is 7. The second-order valence-electron chi connectivity index (χ2n) is 7.86. The number of carbonyl (C=O) groups excluding carboxylic acids is 1. The summed E-state index contributed by atoms with van der Waals surface area (Å²) in [5.74, 6) is 0.423. The number of ether oxygens (including phenoxy) is 2. The van der Waals surface area contributed by atoms with E-state index in [1.165, 1.54) is 22.5 Å². The van der Waals surface area contributed by atoms with Crippen LogP contribution >= 0.6 is 11.3 Å². The molecule has 0 atom stereocenters. The molecule has 0 bridgehead atoms. The summed E-state index contributed by atoms with van der Waals surface area (Å²) in [6.45, 7) is 8.23. The summed E-state index contributed by atoms with van der Waals surface area (Å²) in [5, 5.41) is 20.0. The van der Waals surface area contributed by atoms with E-state index in [0.717, 1.165) is 40.4 Å². The lowest BCUT2D eigenvalue weighted by Crippen LogP contribution is -2.06. The zero-order chi connectivity index (χ0) is 23.8. The Bertz CT molecular complexity index is 1150. The van der Waals surface area contributed by atoms with Gasteiger partial charge in [0, 0.05) is 17.5 Å². The minimum atomic E-state index is -0.151. The Morgan fingerprint density at radius 2 is 1.94 bits per heavy atom. The normalized spacial score (nSPS) is 10.8. The van der Waals surface area contributed by atoms with E-state index >= 15 is 0 Å². The molecule has 1 aromatic heterocycles. The Balaban J connectivity index is 1.84. The minimum absolute atomic E-state index is 0.00638. The van der Waals surface area contributed by atoms with Gasteiger partial charge in [-0.3, -0.25) is 4.79 Å². The molecule has 0 radical (unpaired) electrons. The number of aromatic nitrogens is 2. The number of benzene rings is 2. The Morgan fingerprint density at radius 1 is 1.15 bits per heavy atom. The van der Waals surface area contributed by atoms with Crippen LogP contribution < -0.4 is 4.74 Å². The second-order valence-corrected chi connectivity index (χ2v) is 8.83. The van der Waals surface area contributed by atoms with Gasteiger partial charge in [0.1, 0.15) is 21.8 Å². The highest BCUT2D eigenvalue weighted by molar-refractivity contribution is 7.17. The maximum absolute atomic E-state index is 11.7. The van der Waals surface area contributed by atoms with E-state index in [1.807, 2.05) is 39.0 Å². The van der Waals surface area contributed by atoms with Crippen molar-refractivity contribution in [2.45, 2.75) is 59.5 Å². The summed E-state index contributed by atoms with van der Waals surface area (Å²) >= 11 is 1.51. The molecule has 0 unspecified atom stereocenters. The first kappa shape index (κ1) is 24.4. The first-order chi connectivity index (χ1) is 16.0. The molecule has 0 aliphatic carbocycles. The SMILES string of the molecule is CCOC(=O)CCCc1cccc(-c2nnc(-c3ccc(OC(C)C)c(C#N)c3)s2)c1CC. The number of hydrogen-bond donors (Lipinski definition) is 0. The van der Waals surface area contributed by atoms with E-state index in [2.05, 4.69) is 35.3 Å². The van der Waals surface area contributed by atoms with Gasteiger partial charge in [0.2, 0.25) is 0 Å². The predicted octanol–water partition coefficient (Wildman–Crippen LogP) is 5.98. The van der Waals surface area contributed by atoms with Gasteiger partial charge in [0.05, 0.1) is 18.3 Å². The van der Waals surface area contributed by atoms with Gasteiger partial charge in [-0.05, 0) is 69.4 Å². The molecule has 172 valence electrons. The van der Waals surface area contributed by atoms with Crippen molar-refractivity contribution in [1.82, 2.24) is 10.2 Å². The van der Waals surface area contributed by atoms with E-state index in [4.69, 9.17) is 9.47 Å². The number of carbonyl (C=O) groups is 1. The third-order valence-electron chi connectivity index (χ3n) is 5.12. The number of nitrogens with zero attached hydrogens (tertiary/aromatic N) is 3. The molecule has 3 rings (SSSR count). The summed E-state index contributed by atoms with van der Waals surface area (Å²) < 4.78 is 10.8. The van der Waals surface area contributed by atoms with Crippen molar-refractivity contribution in [1.29, 1.82) is 5.26 Å². The zero-order valence-electron chi connectivity index (χ0n) is 19.6. The van der Waals surface area contributed by atoms with Crippen molar-refractivity contribution < 1.29 is 14.3 Å². The Kier molecular flexibility index (Phi) is 8.56. The predicted molar refractivity (Wildman–Crippen MR) is 130 cm³/mol. The highest BCUT2D eigenvalue weighted by Crippen LogP contribution is 2.35. The van der Waals surface area contributed by atoms with Crippen molar-refractivity contribution >= 4 is 17.3 Å². The number of aryl methyl sites for hydroxylation is 1. The second kappa shape index (κ2) is 11.6. The average molecular weight is 464 g/mol. The van der Waals surface area contributed by atoms with Crippen molar-refractivity contribution in [3.63, 3.8) is 0 Å². The Hall–Kier alpha value is -3.24. The maximum atomic E-state index is 11.7. The summed E-state index contributed by atoms with van der Waals surface area (Å²) in [5.41, 5.74) is 4.83. The molecule has 0 aliphatic rings. The first-order valence-electron chi connectivity index (χ1n) is 11.3. The van der Waals surface area contributed by atoms with Crippen molar-refractivity contribution in [2.24, 2.45) is 0 Å². The summed E-state index contributed by atoms with van der Waals surface area (Å²) in [6, 6.07) is 13.9. The first-order valence-corrected chi connectivity index (χ1v) is 12.1. The van der Waals surface area contributed by atoms with Gasteiger partial charge in [0.15, 0.2) is 0 Å². The van der Waals surface area contributed by atoms with E-state index in [-0.39, 0.29) is 12.1 Å². The van der Waals surface area contributed by atoms with Gasteiger partial charge >= 0.3 is 5.97 Å². The third-order valence-corrected chi connectivity index (χ3v) is 6.13. The summed E-state index contributed by atoms with van der Waals surface area (Å²) in [4.78, 5) is 11.7. The third kappa shape index (κ3) is 6.17. The minimum Gasteiger partial charge on any atom is -0.490 e. The van der Waals surface area contributed by atoms with E-state index < -0.39 is 0 Å². The Morgan fingerprint density at radius 3 is 2.64 bits per heavy atom. The highest BCUT2D eigenvalue weighted by atomic mass is 32.1. The fourth-order valence-corrected chi connectivity index (χ4v) is 4.59. The molecule has 0 spiro atoms. The molecule has 33 heavy (non-hydrogen) atoms. The Labute approximate surface area is 199 Å². The molecule has 6 nitrogen and oxygen atoms in total. The van der Waals surface area contributed by atoms with Crippen LogP contribution in [0.4, 0.5) is 0 Å². The molecule has 0 saturated carbocycles. The smallest absolute Gasteiger partial charge is 0.305 e. The molecule has 0 amide bonds. The maximum Gasteiger partial charge on any atom is 0.305 e. The van der Waals surface area contributed by atoms with E-state index in [9.17, 15) is 10.1 Å². The average Bonchev–Trinajstić information content (AvgIpc) is 3.29. The van der Waals surface area contributed by atoms with E-state index in [1.54, 1.807) is 6.07 Å². The van der Waals surface area contributed by atoms with Crippen LogP contribution in [0, 0.1) is 11.3 Å². The van der Waals surface area contributed by atoms with Crippen LogP contribution in [0.2, 0.25) is 0 Å². The van der Waals surface area contributed by atoms with Gasteiger partial charge < -0.3 is 9.47 Å². The molecule has 0 aliphatic heterocycles. The number of nitriles is 1. The molecule has 0 saturated heterocycles. The van der Waals surface area contributed by atoms with Crippen LogP contribution in [0.15, 0.2) is 36.4 Å². The molecular weight excluding hydrogens is 434 g/mol. The van der Waals surface area contributed by atoms with Crippen molar-refractivity contribution in [3.8, 4) is 33.0 Å². The highest BCUT2D eigenvalue weighted by Gasteiger charge is 2.16. The lowest BCUT2D eigenvalue weighted by atomic mass is 9.95. The van der Waals surface area contributed by atoms with Crippen LogP contribution in [0.3, 0.4) is 0 Å². The molecule has 7 heteroatoms. The molecule has 3 aromatic rings. The molecule has 1 heterocycles. The van der Waals surface area contributed by atoms with Gasteiger partial charge in [-0.25, -0.2) is 0 Å². The van der Waals surface area contributed by atoms with Gasteiger partial charge in [-0.2, -0.15) is 5.26 Å². The summed E-state index contributed by atoms with van der Waals surface area (Å²) in [7, 11) is 0. The monoisotopic (exact) mass is 463 g/mol. The quantitative estimate of drug-likeness (QED) is 0.344. The fraction of sp³-hybridized carbons (Fsp3) is 0.385. The lowest BCUT2D eigenvalue weighted by Gasteiger charge is -2.12. The molecule has 2 aromatic carbocycles. The van der Waals surface area contributed by atoms with Crippen LogP contribution in [-0.2, 0) is 22.4 Å². The standard InChI is InChI=1S/C26H29N3O3S/c1-5-21-18(10-8-12-24(30)31-6-2)9-7-11-22(21)26-29-28-25(33-26)19-13-14-23(32-17(3)4)20(15-19)16-27/h7,9,11,13-15,17H,5-6,8,10,12H2,1-4H3. The molecule has 0 N–H and O–H groups in total. The van der Waals surface area contributed by atoms with Crippen molar-refractivity contribution in [3.05, 3.63) is 53.1 Å².